The number of methoxy groups -OCH3 is 1. The van der Waals surface area contributed by atoms with Crippen LogP contribution in [0.15, 0.2) is 67.0 Å². The molecule has 49 heavy (non-hydrogen) atoms. The maximum absolute atomic E-state index is 13.2. The fourth-order valence-corrected chi connectivity index (χ4v) is 6.09. The highest BCUT2D eigenvalue weighted by molar-refractivity contribution is 6.74. The second-order valence-electron chi connectivity index (χ2n) is 13.7. The Morgan fingerprint density at radius 3 is 1.96 bits per heavy atom. The Labute approximate surface area is 290 Å². The van der Waals surface area contributed by atoms with E-state index in [1.807, 2.05) is 56.3 Å². The Hall–Kier alpha value is -4.71. The van der Waals surface area contributed by atoms with Gasteiger partial charge in [-0.25, -0.2) is 0 Å². The molecule has 2 heterocycles. The number of likely N-dealkylation sites (N-methyl/N-ethyl adjacent to an activating group) is 1. The molecule has 4 aromatic rings. The Balaban J connectivity index is 1.42. The van der Waals surface area contributed by atoms with Crippen LogP contribution in [-0.4, -0.2) is 68.6 Å². The number of carbonyl (C=O) groups excluding carboxylic acids is 3. The van der Waals surface area contributed by atoms with E-state index in [1.54, 1.807) is 12.3 Å². The summed E-state index contributed by atoms with van der Waals surface area (Å²) < 4.78 is 11.5. The zero-order valence-corrected chi connectivity index (χ0v) is 30.9. The van der Waals surface area contributed by atoms with Crippen LogP contribution in [-0.2, 0) is 11.0 Å². The minimum absolute atomic E-state index is 0.119. The molecule has 0 saturated carbocycles. The molecule has 10 nitrogen and oxygen atoms in total. The van der Waals surface area contributed by atoms with Gasteiger partial charge < -0.3 is 19.8 Å². The lowest BCUT2D eigenvalue weighted by molar-refractivity contribution is 0.101. The number of carbonyl (C=O) groups is 3. The number of aldehydes is 1. The number of nitrogens with zero attached hydrogens (tertiary/aromatic N) is 3. The third kappa shape index (κ3) is 9.05. The van der Waals surface area contributed by atoms with Gasteiger partial charge in [-0.1, -0.05) is 51.1 Å². The third-order valence-corrected chi connectivity index (χ3v) is 13.7. The second-order valence-corrected chi connectivity index (χ2v) is 18.5. The van der Waals surface area contributed by atoms with E-state index in [4.69, 9.17) is 9.16 Å². The van der Waals surface area contributed by atoms with Crippen molar-refractivity contribution in [2.75, 3.05) is 37.9 Å². The molecular weight excluding hydrogens is 635 g/mol. The fourth-order valence-electron chi connectivity index (χ4n) is 5.05. The molecule has 0 fully saturated rings. The van der Waals surface area contributed by atoms with Gasteiger partial charge in [-0.3, -0.25) is 29.3 Å². The molecule has 0 aliphatic carbocycles. The second kappa shape index (κ2) is 15.7. The maximum Gasteiger partial charge on any atom is 0.274 e. The van der Waals surface area contributed by atoms with Crippen molar-refractivity contribution in [2.24, 2.45) is 0 Å². The van der Waals surface area contributed by atoms with Gasteiger partial charge in [0.15, 0.2) is 14.6 Å². The number of hydrogen-bond donors (Lipinski definition) is 2. The van der Waals surface area contributed by atoms with Crippen molar-refractivity contribution in [3.05, 3.63) is 101 Å². The summed E-state index contributed by atoms with van der Waals surface area (Å²) in [5, 5.41) is 6.12. The summed E-state index contributed by atoms with van der Waals surface area (Å²) in [5.41, 5.74) is 6.50. The van der Waals surface area contributed by atoms with Crippen molar-refractivity contribution in [1.29, 1.82) is 0 Å². The summed E-state index contributed by atoms with van der Waals surface area (Å²) in [6.07, 6.45) is 3.68. The topological polar surface area (TPSA) is 123 Å². The van der Waals surface area contributed by atoms with Crippen molar-refractivity contribution in [2.45, 2.75) is 59.3 Å². The highest BCUT2D eigenvalue weighted by Gasteiger charge is 2.36. The van der Waals surface area contributed by atoms with Crippen LogP contribution in [0.25, 0.3) is 11.1 Å². The number of hydrogen-bond acceptors (Lipinski definition) is 8. The number of aromatic nitrogens is 2. The molecule has 2 amide bonds. The lowest BCUT2D eigenvalue weighted by atomic mass is 9.94. The fraction of sp³-hybridized carbons (Fsp3) is 0.342. The number of pyridine rings is 2. The lowest BCUT2D eigenvalue weighted by Gasteiger charge is -2.36. The first-order valence-corrected chi connectivity index (χ1v) is 19.1. The van der Waals surface area contributed by atoms with Crippen molar-refractivity contribution in [1.82, 2.24) is 14.9 Å². The van der Waals surface area contributed by atoms with E-state index in [9.17, 15) is 14.4 Å². The monoisotopic (exact) mass is 681 g/mol. The Kier molecular flexibility index (Phi) is 11.9. The Morgan fingerprint density at radius 1 is 0.878 bits per heavy atom. The number of ether oxygens (including phenoxy) is 1. The number of rotatable bonds is 13. The molecule has 0 radical (unpaired) electrons. The van der Waals surface area contributed by atoms with Gasteiger partial charge in [-0.05, 0) is 85.0 Å². The molecule has 2 aromatic carbocycles. The minimum atomic E-state index is -1.78. The third-order valence-electron chi connectivity index (χ3n) is 9.18. The van der Waals surface area contributed by atoms with Crippen LogP contribution in [0.5, 0.6) is 5.75 Å². The minimum Gasteiger partial charge on any atom is -0.496 e. The summed E-state index contributed by atoms with van der Waals surface area (Å²) in [4.78, 5) is 48.3. The quantitative estimate of drug-likeness (QED) is 0.110. The average Bonchev–Trinajstić information content (AvgIpc) is 3.06. The largest absolute Gasteiger partial charge is 0.496 e. The van der Waals surface area contributed by atoms with E-state index in [0.29, 0.717) is 36.5 Å². The maximum atomic E-state index is 13.2. The lowest BCUT2D eigenvalue weighted by Crippen LogP contribution is -2.42. The van der Waals surface area contributed by atoms with Crippen molar-refractivity contribution < 1.29 is 23.5 Å². The number of amides is 2. The molecule has 0 atom stereocenters. The summed E-state index contributed by atoms with van der Waals surface area (Å²) >= 11 is 0. The predicted molar refractivity (Wildman–Crippen MR) is 197 cm³/mol. The van der Waals surface area contributed by atoms with Crippen LogP contribution in [0, 0.1) is 13.8 Å². The summed E-state index contributed by atoms with van der Waals surface area (Å²) in [6.45, 7) is 17.3. The van der Waals surface area contributed by atoms with Gasteiger partial charge in [0.05, 0.1) is 12.7 Å². The zero-order valence-electron chi connectivity index (χ0n) is 29.9. The van der Waals surface area contributed by atoms with E-state index in [2.05, 4.69) is 66.4 Å². The molecular formula is C38H47N5O5Si. The number of benzene rings is 2. The molecule has 0 aliphatic heterocycles. The van der Waals surface area contributed by atoms with Crippen LogP contribution in [0.4, 0.5) is 11.4 Å². The van der Waals surface area contributed by atoms with E-state index in [0.717, 1.165) is 34.4 Å². The predicted octanol–water partition coefficient (Wildman–Crippen LogP) is 7.54. The standard InChI is InChI=1S/C38H47N5O5Si/c1-25-29(30-13-11-15-32(26(30)2)42-37(46)34-20-35(47-7)28(24-44)22-40-34)12-10-14-31(25)41-36(45)33-17-16-27(21-39-33)23-43(6)18-19-48-49(8,9)38(3,4)5/h10-17,20-22,24H,18-19,23H2,1-9H3,(H,41,45)(H,42,46). The van der Waals surface area contributed by atoms with Gasteiger partial charge in [0.25, 0.3) is 11.8 Å². The highest BCUT2D eigenvalue weighted by atomic mass is 28.4. The van der Waals surface area contributed by atoms with Gasteiger partial charge in [0.2, 0.25) is 0 Å². The first kappa shape index (κ1) is 37.1. The van der Waals surface area contributed by atoms with Crippen LogP contribution < -0.4 is 15.4 Å². The molecule has 4 rings (SSSR count). The number of nitrogens with one attached hydrogen (secondary N) is 2. The molecule has 2 aromatic heterocycles. The summed E-state index contributed by atoms with van der Waals surface area (Å²) in [6, 6.07) is 16.5. The molecule has 0 spiro atoms. The van der Waals surface area contributed by atoms with Crippen LogP contribution in [0.1, 0.15) is 68.8 Å². The van der Waals surface area contributed by atoms with Crippen molar-refractivity contribution >= 4 is 37.8 Å². The normalized spacial score (nSPS) is 11.7. The summed E-state index contributed by atoms with van der Waals surface area (Å²) in [5.74, 6) is -0.467. The smallest absolute Gasteiger partial charge is 0.274 e. The number of anilines is 2. The molecule has 0 aliphatic rings. The Bertz CT molecular complexity index is 1820. The van der Waals surface area contributed by atoms with Gasteiger partial charge >= 0.3 is 0 Å². The molecule has 2 N–H and O–H groups in total. The van der Waals surface area contributed by atoms with Crippen molar-refractivity contribution in [3.8, 4) is 16.9 Å². The van der Waals surface area contributed by atoms with Gasteiger partial charge in [-0.15, -0.1) is 0 Å². The van der Waals surface area contributed by atoms with Crippen LogP contribution >= 0.6 is 0 Å². The zero-order chi connectivity index (χ0) is 35.9. The van der Waals surface area contributed by atoms with Crippen LogP contribution in [0.3, 0.4) is 0 Å². The van der Waals surface area contributed by atoms with E-state index >= 15 is 0 Å². The average molecular weight is 682 g/mol. The van der Waals surface area contributed by atoms with E-state index < -0.39 is 14.2 Å². The van der Waals surface area contributed by atoms with Crippen LogP contribution in [0.2, 0.25) is 18.1 Å². The first-order chi connectivity index (χ1) is 23.1. The van der Waals surface area contributed by atoms with Gasteiger partial charge in [-0.2, -0.15) is 0 Å². The molecule has 0 bridgehead atoms. The van der Waals surface area contributed by atoms with Crippen molar-refractivity contribution in [3.63, 3.8) is 0 Å². The molecule has 258 valence electrons. The SMILES string of the molecule is COc1cc(C(=O)Nc2cccc(-c3cccc(NC(=O)c4ccc(CN(C)CCO[Si](C)(C)C(C)(C)C)cn4)c3C)c2C)ncc1C=O. The summed E-state index contributed by atoms with van der Waals surface area (Å²) in [7, 11) is 1.70. The van der Waals surface area contributed by atoms with E-state index in [1.165, 1.54) is 19.4 Å². The van der Waals surface area contributed by atoms with Gasteiger partial charge in [0.1, 0.15) is 17.1 Å². The van der Waals surface area contributed by atoms with Gasteiger partial charge in [0, 0.05) is 49.5 Å². The van der Waals surface area contributed by atoms with E-state index in [-0.39, 0.29) is 28.0 Å². The molecule has 0 unspecified atom stereocenters. The molecule has 11 heteroatoms. The first-order valence-electron chi connectivity index (χ1n) is 16.2. The molecule has 0 saturated heterocycles. The highest BCUT2D eigenvalue weighted by Crippen LogP contribution is 2.36. The Morgan fingerprint density at radius 2 is 1.45 bits per heavy atom.